The number of likely N-dealkylation sites (N-methyl/N-ethyl adjacent to an activating group) is 1. The first-order valence-corrected chi connectivity index (χ1v) is 8.37. The van der Waals surface area contributed by atoms with E-state index in [-0.39, 0.29) is 0 Å². The van der Waals surface area contributed by atoms with Gasteiger partial charge in [0.05, 0.1) is 6.10 Å². The van der Waals surface area contributed by atoms with Crippen molar-refractivity contribution >= 4 is 5.69 Å². The molecular weight excluding hydrogens is 260 g/mol. The molecule has 1 N–H and O–H groups in total. The number of nitrogens with one attached hydrogen (secondary N) is 1. The smallest absolute Gasteiger partial charge is 0.0749 e. The summed E-state index contributed by atoms with van der Waals surface area (Å²) in [6.07, 6.45) is 5.26. The Labute approximate surface area is 129 Å². The van der Waals surface area contributed by atoms with Gasteiger partial charge in [-0.05, 0) is 50.8 Å². The van der Waals surface area contributed by atoms with E-state index in [9.17, 15) is 0 Å². The molecule has 0 bridgehead atoms. The van der Waals surface area contributed by atoms with Gasteiger partial charge in [0, 0.05) is 31.9 Å². The van der Waals surface area contributed by atoms with Crippen molar-refractivity contribution in [3.8, 4) is 0 Å². The lowest BCUT2D eigenvalue weighted by Gasteiger charge is -2.31. The van der Waals surface area contributed by atoms with Crippen molar-refractivity contribution in [2.24, 2.45) is 0 Å². The maximum atomic E-state index is 5.88. The number of nitrogens with zero attached hydrogens (tertiary/aromatic N) is 1. The van der Waals surface area contributed by atoms with E-state index in [1.807, 2.05) is 0 Å². The average molecular weight is 290 g/mol. The summed E-state index contributed by atoms with van der Waals surface area (Å²) in [6.45, 7) is 7.43. The Morgan fingerprint density at radius 3 is 2.86 bits per heavy atom. The molecule has 0 aliphatic carbocycles. The molecule has 1 aliphatic heterocycles. The molecule has 0 aromatic heterocycles. The Balaban J connectivity index is 2.03. The Morgan fingerprint density at radius 1 is 1.33 bits per heavy atom. The minimum atomic E-state index is 0.385. The van der Waals surface area contributed by atoms with Gasteiger partial charge in [0.1, 0.15) is 0 Å². The Morgan fingerprint density at radius 2 is 2.14 bits per heavy atom. The van der Waals surface area contributed by atoms with E-state index in [0.717, 1.165) is 26.1 Å². The molecule has 1 aromatic carbocycles. The van der Waals surface area contributed by atoms with Crippen LogP contribution >= 0.6 is 0 Å². The number of anilines is 1. The molecule has 0 saturated carbocycles. The van der Waals surface area contributed by atoms with Gasteiger partial charge >= 0.3 is 0 Å². The molecule has 0 amide bonds. The van der Waals surface area contributed by atoms with E-state index in [2.05, 4.69) is 55.4 Å². The van der Waals surface area contributed by atoms with Crippen LogP contribution in [0.4, 0.5) is 5.69 Å². The van der Waals surface area contributed by atoms with Crippen LogP contribution in [0.3, 0.4) is 0 Å². The Bertz CT molecular complexity index is 415. The highest BCUT2D eigenvalue weighted by atomic mass is 16.5. The predicted molar refractivity (Wildman–Crippen MR) is 90.0 cm³/mol. The summed E-state index contributed by atoms with van der Waals surface area (Å²) in [4.78, 5) is 2.36. The lowest BCUT2D eigenvalue weighted by Crippen LogP contribution is -2.34. The fourth-order valence-corrected chi connectivity index (χ4v) is 3.03. The first-order chi connectivity index (χ1) is 10.2. The van der Waals surface area contributed by atoms with Crippen molar-refractivity contribution in [3.05, 3.63) is 29.8 Å². The first kappa shape index (κ1) is 16.3. The van der Waals surface area contributed by atoms with E-state index < -0.39 is 0 Å². The zero-order valence-corrected chi connectivity index (χ0v) is 13.8. The van der Waals surface area contributed by atoms with Crippen molar-refractivity contribution in [2.75, 3.05) is 31.6 Å². The van der Waals surface area contributed by atoms with Gasteiger partial charge in [-0.15, -0.1) is 0 Å². The number of rotatable bonds is 7. The molecule has 1 saturated heterocycles. The Hall–Kier alpha value is -1.06. The van der Waals surface area contributed by atoms with Crippen LogP contribution in [0.25, 0.3) is 0 Å². The minimum Gasteiger partial charge on any atom is -0.376 e. The second-order valence-corrected chi connectivity index (χ2v) is 6.10. The largest absolute Gasteiger partial charge is 0.376 e. The standard InChI is InChI=1S/C18H30N2O/c1-4-12-19-15(2)17-10-5-6-11-18(17)20(3)14-16-9-7-8-13-21-16/h5-6,10-11,15-16,19H,4,7-9,12-14H2,1-3H3. The third kappa shape index (κ3) is 4.72. The number of ether oxygens (including phenoxy) is 1. The van der Waals surface area contributed by atoms with E-state index >= 15 is 0 Å². The lowest BCUT2D eigenvalue weighted by molar-refractivity contribution is 0.0216. The summed E-state index contributed by atoms with van der Waals surface area (Å²) in [7, 11) is 2.18. The van der Waals surface area contributed by atoms with Gasteiger partial charge in [-0.3, -0.25) is 0 Å². The van der Waals surface area contributed by atoms with Crippen LogP contribution in [-0.2, 0) is 4.74 Å². The van der Waals surface area contributed by atoms with Crippen molar-refractivity contribution in [1.29, 1.82) is 0 Å². The van der Waals surface area contributed by atoms with Crippen LogP contribution in [0.5, 0.6) is 0 Å². The molecular formula is C18H30N2O. The SMILES string of the molecule is CCCNC(C)c1ccccc1N(C)CC1CCCCO1. The van der Waals surface area contributed by atoms with Crippen LogP contribution < -0.4 is 10.2 Å². The van der Waals surface area contributed by atoms with E-state index in [4.69, 9.17) is 4.74 Å². The van der Waals surface area contributed by atoms with Crippen molar-refractivity contribution in [2.45, 2.75) is 51.7 Å². The van der Waals surface area contributed by atoms with Gasteiger partial charge < -0.3 is 15.0 Å². The van der Waals surface area contributed by atoms with Crippen molar-refractivity contribution in [3.63, 3.8) is 0 Å². The van der Waals surface area contributed by atoms with Crippen LogP contribution in [-0.4, -0.2) is 32.8 Å². The average Bonchev–Trinajstić information content (AvgIpc) is 2.53. The van der Waals surface area contributed by atoms with Gasteiger partial charge in [0.25, 0.3) is 0 Å². The maximum absolute atomic E-state index is 5.88. The second kappa shape index (κ2) is 8.40. The highest BCUT2D eigenvalue weighted by molar-refractivity contribution is 5.54. The van der Waals surface area contributed by atoms with Gasteiger partial charge in [-0.25, -0.2) is 0 Å². The van der Waals surface area contributed by atoms with Crippen LogP contribution in [0.2, 0.25) is 0 Å². The van der Waals surface area contributed by atoms with E-state index in [0.29, 0.717) is 12.1 Å². The summed E-state index contributed by atoms with van der Waals surface area (Å²) < 4.78 is 5.88. The number of hydrogen-bond acceptors (Lipinski definition) is 3. The summed E-state index contributed by atoms with van der Waals surface area (Å²) >= 11 is 0. The van der Waals surface area contributed by atoms with Crippen LogP contribution in [0, 0.1) is 0 Å². The predicted octanol–water partition coefficient (Wildman–Crippen LogP) is 3.75. The summed E-state index contributed by atoms with van der Waals surface area (Å²) in [5.74, 6) is 0. The fraction of sp³-hybridized carbons (Fsp3) is 0.667. The zero-order valence-electron chi connectivity index (χ0n) is 13.8. The van der Waals surface area contributed by atoms with Crippen molar-refractivity contribution in [1.82, 2.24) is 5.32 Å². The summed E-state index contributed by atoms with van der Waals surface area (Å²) in [5.41, 5.74) is 2.70. The molecule has 2 rings (SSSR count). The van der Waals surface area contributed by atoms with Crippen LogP contribution in [0.1, 0.15) is 51.1 Å². The quantitative estimate of drug-likeness (QED) is 0.827. The maximum Gasteiger partial charge on any atom is 0.0749 e. The van der Waals surface area contributed by atoms with Crippen LogP contribution in [0.15, 0.2) is 24.3 Å². The molecule has 1 fully saturated rings. The third-order valence-electron chi connectivity index (χ3n) is 4.27. The lowest BCUT2D eigenvalue weighted by atomic mass is 10.0. The summed E-state index contributed by atoms with van der Waals surface area (Å²) in [5, 5.41) is 3.59. The molecule has 3 nitrogen and oxygen atoms in total. The third-order valence-corrected chi connectivity index (χ3v) is 4.27. The molecule has 118 valence electrons. The molecule has 0 radical (unpaired) electrons. The van der Waals surface area contributed by atoms with Gasteiger partial charge in [0.2, 0.25) is 0 Å². The Kier molecular flexibility index (Phi) is 6.52. The molecule has 2 atom stereocenters. The normalized spacial score (nSPS) is 20.2. The zero-order chi connectivity index (χ0) is 15.1. The van der Waals surface area contributed by atoms with Gasteiger partial charge in [-0.2, -0.15) is 0 Å². The molecule has 21 heavy (non-hydrogen) atoms. The van der Waals surface area contributed by atoms with Gasteiger partial charge in [0.15, 0.2) is 0 Å². The molecule has 0 spiro atoms. The molecule has 1 aromatic rings. The first-order valence-electron chi connectivity index (χ1n) is 8.37. The highest BCUT2D eigenvalue weighted by Gasteiger charge is 2.18. The highest BCUT2D eigenvalue weighted by Crippen LogP contribution is 2.26. The molecule has 1 aliphatic rings. The minimum absolute atomic E-state index is 0.385. The second-order valence-electron chi connectivity index (χ2n) is 6.10. The van der Waals surface area contributed by atoms with Gasteiger partial charge in [-0.1, -0.05) is 25.1 Å². The monoisotopic (exact) mass is 290 g/mol. The van der Waals surface area contributed by atoms with E-state index in [1.165, 1.54) is 30.5 Å². The number of para-hydroxylation sites is 1. The topological polar surface area (TPSA) is 24.5 Å². The number of hydrogen-bond donors (Lipinski definition) is 1. The molecule has 1 heterocycles. The van der Waals surface area contributed by atoms with Crippen molar-refractivity contribution < 1.29 is 4.74 Å². The number of benzene rings is 1. The molecule has 3 heteroatoms. The molecule has 2 unspecified atom stereocenters. The summed E-state index contributed by atoms with van der Waals surface area (Å²) in [6, 6.07) is 9.11. The van der Waals surface area contributed by atoms with E-state index in [1.54, 1.807) is 0 Å². The fourth-order valence-electron chi connectivity index (χ4n) is 3.03.